The number of carbonyl (C=O) groups is 10. The van der Waals surface area contributed by atoms with E-state index >= 15 is 0 Å². The van der Waals surface area contributed by atoms with Crippen LogP contribution in [0, 0.1) is 11.8 Å². The van der Waals surface area contributed by atoms with Crippen molar-refractivity contribution in [3.63, 3.8) is 0 Å². The molecule has 6 rings (SSSR count). The van der Waals surface area contributed by atoms with Crippen molar-refractivity contribution in [1.82, 2.24) is 46.2 Å². The van der Waals surface area contributed by atoms with Gasteiger partial charge in [0.15, 0.2) is 0 Å². The van der Waals surface area contributed by atoms with Gasteiger partial charge in [0.25, 0.3) is 0 Å². The van der Waals surface area contributed by atoms with Gasteiger partial charge in [0, 0.05) is 39.0 Å². The highest BCUT2D eigenvalue weighted by molar-refractivity contribution is 5.99. The van der Waals surface area contributed by atoms with Gasteiger partial charge >= 0.3 is 5.97 Å². The first kappa shape index (κ1) is 62.1. The molecule has 0 spiro atoms. The van der Waals surface area contributed by atoms with Gasteiger partial charge in [0.1, 0.15) is 54.1 Å². The molecule has 23 nitrogen and oxygen atoms in total. The van der Waals surface area contributed by atoms with Crippen molar-refractivity contribution in [2.45, 2.75) is 172 Å². The van der Waals surface area contributed by atoms with Crippen LogP contribution in [0.3, 0.4) is 0 Å². The number of nitrogens with two attached hydrogens (primary N) is 2. The number of amides is 9. The van der Waals surface area contributed by atoms with E-state index in [0.717, 1.165) is 5.56 Å². The van der Waals surface area contributed by atoms with Crippen LogP contribution in [0.2, 0.25) is 0 Å². The SMILES string of the molecule is CC[C@H](C)[C@H](NC(=O)[C@@H]1CCCN1C(=O)CNC(=O)[C@@H]1CCCN1C(=O)[C@H](Cc1ccccc1)NC(=O)[C@@H]1CCCN1C(=O)[C@H](Cc1ccc(O)cc1)NC(=O)[C@@H](N)C(C)C)C(=O)N1CCC[C@H]1C(=O)N[C@@H](CCCCN)C(=O)O. The van der Waals surface area contributed by atoms with E-state index in [9.17, 15) is 58.2 Å². The lowest BCUT2D eigenvalue weighted by atomic mass is 9.96. The van der Waals surface area contributed by atoms with Crippen molar-refractivity contribution in [3.8, 4) is 5.75 Å². The number of hydrogen-bond acceptors (Lipinski definition) is 13. The van der Waals surface area contributed by atoms with Crippen LogP contribution in [-0.2, 0) is 60.8 Å². The summed E-state index contributed by atoms with van der Waals surface area (Å²) in [4.78, 5) is 144. The zero-order valence-electron chi connectivity index (χ0n) is 46.6. The molecule has 2 aromatic rings. The number of phenolic OH excluding ortho intramolecular Hbond substituents is 1. The van der Waals surface area contributed by atoms with E-state index in [0.29, 0.717) is 69.9 Å². The number of carboxylic acid groups (broad SMARTS) is 1. The molecule has 23 heteroatoms. The molecule has 4 saturated heterocycles. The average molecular weight is 1110 g/mol. The number of benzene rings is 2. The average Bonchev–Trinajstić information content (AvgIpc) is 4.32. The highest BCUT2D eigenvalue weighted by Crippen LogP contribution is 2.26. The Labute approximate surface area is 468 Å². The molecule has 2 aromatic carbocycles. The number of carboxylic acids is 1. The second kappa shape index (κ2) is 29.4. The molecule has 438 valence electrons. The van der Waals surface area contributed by atoms with Crippen LogP contribution in [0.1, 0.15) is 116 Å². The monoisotopic (exact) mass is 1110 g/mol. The van der Waals surface area contributed by atoms with E-state index < -0.39 is 120 Å². The quantitative estimate of drug-likeness (QED) is 0.0578. The number of phenols is 1. The van der Waals surface area contributed by atoms with Gasteiger partial charge in [-0.3, -0.25) is 43.2 Å². The smallest absolute Gasteiger partial charge is 0.326 e. The van der Waals surface area contributed by atoms with Crippen molar-refractivity contribution < 1.29 is 58.2 Å². The molecule has 80 heavy (non-hydrogen) atoms. The third-order valence-corrected chi connectivity index (χ3v) is 16.1. The minimum atomic E-state index is -1.19. The Morgan fingerprint density at radius 3 is 1.56 bits per heavy atom. The summed E-state index contributed by atoms with van der Waals surface area (Å²) < 4.78 is 0. The molecule has 0 aromatic heterocycles. The lowest BCUT2D eigenvalue weighted by Gasteiger charge is -2.33. The van der Waals surface area contributed by atoms with Gasteiger partial charge in [-0.15, -0.1) is 0 Å². The number of unbranched alkanes of at least 4 members (excludes halogenated alkanes) is 1. The number of hydrogen-bond donors (Lipinski definition) is 9. The van der Waals surface area contributed by atoms with Crippen LogP contribution >= 0.6 is 0 Å². The number of rotatable bonds is 26. The lowest BCUT2D eigenvalue weighted by molar-refractivity contribution is -0.146. The first-order valence-electron chi connectivity index (χ1n) is 28.4. The molecule has 4 heterocycles. The Balaban J connectivity index is 1.09. The predicted octanol–water partition coefficient (Wildman–Crippen LogP) is 0.440. The minimum absolute atomic E-state index is 0.0261. The topological polar surface area (TPSA) is 336 Å². The third-order valence-electron chi connectivity index (χ3n) is 16.1. The van der Waals surface area contributed by atoms with Gasteiger partial charge in [0.05, 0.1) is 12.6 Å². The fourth-order valence-electron chi connectivity index (χ4n) is 11.1. The van der Waals surface area contributed by atoms with Gasteiger partial charge in [-0.1, -0.05) is 76.6 Å². The Bertz CT molecular complexity index is 2520. The second-order valence-electron chi connectivity index (χ2n) is 22.0. The number of likely N-dealkylation sites (tertiary alicyclic amines) is 4. The molecule has 11 N–H and O–H groups in total. The van der Waals surface area contributed by atoms with Crippen molar-refractivity contribution in [2.75, 3.05) is 39.3 Å². The van der Waals surface area contributed by atoms with Crippen molar-refractivity contribution in [1.29, 1.82) is 0 Å². The minimum Gasteiger partial charge on any atom is -0.508 e. The van der Waals surface area contributed by atoms with E-state index in [4.69, 9.17) is 11.5 Å². The summed E-state index contributed by atoms with van der Waals surface area (Å²) >= 11 is 0. The van der Waals surface area contributed by atoms with Crippen molar-refractivity contribution >= 4 is 59.1 Å². The van der Waals surface area contributed by atoms with Crippen LogP contribution in [0.25, 0.3) is 0 Å². The molecular weight excluding hydrogens is 1030 g/mol. The van der Waals surface area contributed by atoms with Crippen LogP contribution in [0.5, 0.6) is 5.75 Å². The molecule has 4 aliphatic rings. The molecule has 0 bridgehead atoms. The van der Waals surface area contributed by atoms with E-state index in [1.54, 1.807) is 45.0 Å². The maximum Gasteiger partial charge on any atom is 0.326 e. The molecule has 10 atom stereocenters. The van der Waals surface area contributed by atoms with Crippen LogP contribution < -0.4 is 38.1 Å². The van der Waals surface area contributed by atoms with Crippen LogP contribution in [0.4, 0.5) is 0 Å². The van der Waals surface area contributed by atoms with Gasteiger partial charge in [-0.05, 0) is 112 Å². The highest BCUT2D eigenvalue weighted by atomic mass is 16.4. The summed E-state index contributed by atoms with van der Waals surface area (Å²) in [7, 11) is 0. The molecule has 9 amide bonds. The Hall–Kier alpha value is -7.14. The number of carbonyl (C=O) groups excluding carboxylic acids is 9. The summed E-state index contributed by atoms with van der Waals surface area (Å²) in [5, 5.41) is 33.5. The van der Waals surface area contributed by atoms with Crippen LogP contribution in [0.15, 0.2) is 54.6 Å². The Morgan fingerprint density at radius 2 is 1.05 bits per heavy atom. The van der Waals surface area contributed by atoms with E-state index in [-0.39, 0.29) is 75.9 Å². The molecule has 4 fully saturated rings. The summed E-state index contributed by atoms with van der Waals surface area (Å²) in [6.45, 7) is 7.94. The van der Waals surface area contributed by atoms with E-state index in [2.05, 4.69) is 26.6 Å². The standard InChI is InChI=1S/C57H83N11O12/c1-5-35(4)48(56(78)68-30-14-21-45(68)50(72)61-39(57(79)80)17-9-10-26-58)64-52(74)43-19-11-27-65(43)46(70)33-60-49(71)42-18-12-28-66(42)54(76)40(31-36-15-7-6-8-16-36)62-51(73)44-20-13-29-67(44)55(77)41(63-53(75)47(59)34(2)3)32-37-22-24-38(69)25-23-37/h6-8,15-16,22-25,34-35,39-45,47-48,69H,5,9-14,17-21,26-33,58-59H2,1-4H3,(H,60,71)(H,61,72)(H,62,73)(H,63,75)(H,64,74)(H,79,80)/t35-,39-,40-,41-,42-,43-,44-,45-,47-,48-/m0/s1. The Morgan fingerprint density at radius 1 is 0.588 bits per heavy atom. The molecule has 4 aliphatic heterocycles. The second-order valence-corrected chi connectivity index (χ2v) is 22.0. The molecular formula is C57H83N11O12. The molecule has 0 unspecified atom stereocenters. The van der Waals surface area contributed by atoms with Gasteiger partial charge < -0.3 is 67.9 Å². The highest BCUT2D eigenvalue weighted by Gasteiger charge is 2.45. The van der Waals surface area contributed by atoms with Gasteiger partial charge in [0.2, 0.25) is 53.2 Å². The van der Waals surface area contributed by atoms with E-state index in [1.165, 1.54) is 31.7 Å². The maximum atomic E-state index is 14.7. The largest absolute Gasteiger partial charge is 0.508 e. The number of aromatic hydroxyl groups is 1. The van der Waals surface area contributed by atoms with Crippen molar-refractivity contribution in [3.05, 3.63) is 65.7 Å². The lowest BCUT2D eigenvalue weighted by Crippen LogP contribution is -2.59. The fourth-order valence-corrected chi connectivity index (χ4v) is 11.1. The summed E-state index contributed by atoms with van der Waals surface area (Å²) in [5.74, 6) is -6.72. The first-order chi connectivity index (χ1) is 38.2. The van der Waals surface area contributed by atoms with Gasteiger partial charge in [-0.25, -0.2) is 4.79 Å². The summed E-state index contributed by atoms with van der Waals surface area (Å²) in [6, 6.07) is 5.95. The zero-order chi connectivity index (χ0) is 58.2. The van der Waals surface area contributed by atoms with Gasteiger partial charge in [-0.2, -0.15) is 0 Å². The van der Waals surface area contributed by atoms with Crippen LogP contribution in [-0.4, -0.2) is 183 Å². The fraction of sp³-hybridized carbons (Fsp3) is 0.614. The molecule has 0 aliphatic carbocycles. The van der Waals surface area contributed by atoms with Crippen molar-refractivity contribution in [2.24, 2.45) is 23.3 Å². The molecule has 0 radical (unpaired) electrons. The summed E-state index contributed by atoms with van der Waals surface area (Å²) in [5.41, 5.74) is 13.1. The van der Waals surface area contributed by atoms with E-state index in [1.807, 2.05) is 25.1 Å². The number of aliphatic carboxylic acids is 1. The first-order valence-corrected chi connectivity index (χ1v) is 28.4. The number of nitrogens with one attached hydrogen (secondary N) is 5. The zero-order valence-corrected chi connectivity index (χ0v) is 46.6. The summed E-state index contributed by atoms with van der Waals surface area (Å²) in [6.07, 6.45) is 4.91. The normalized spacial score (nSPS) is 21.2. The third kappa shape index (κ3) is 16.0. The predicted molar refractivity (Wildman–Crippen MR) is 294 cm³/mol. The maximum absolute atomic E-state index is 14.7. The molecule has 0 saturated carbocycles. The Kier molecular flexibility index (Phi) is 22.8. The number of nitrogens with zero attached hydrogens (tertiary/aromatic N) is 4.